The van der Waals surface area contributed by atoms with E-state index in [9.17, 15) is 5.11 Å². The predicted molar refractivity (Wildman–Crippen MR) is 67.1 cm³/mol. The van der Waals surface area contributed by atoms with Crippen molar-refractivity contribution in [2.45, 2.75) is 47.0 Å². The van der Waals surface area contributed by atoms with E-state index in [2.05, 4.69) is 39.6 Å². The Morgan fingerprint density at radius 3 is 2.07 bits per heavy atom. The zero-order valence-corrected chi connectivity index (χ0v) is 11.2. The Bertz CT molecular complexity index is 146. The van der Waals surface area contributed by atoms with Gasteiger partial charge in [0.1, 0.15) is 0 Å². The maximum Gasteiger partial charge on any atom is 0.0499 e. The van der Waals surface area contributed by atoms with Gasteiger partial charge in [-0.1, -0.05) is 34.1 Å². The fraction of sp³-hybridized carbons (Fsp3) is 1.00. The molecule has 0 aromatic rings. The third-order valence-electron chi connectivity index (χ3n) is 3.76. The fourth-order valence-electron chi connectivity index (χ4n) is 2.05. The summed E-state index contributed by atoms with van der Waals surface area (Å²) in [5.74, 6) is 0.750. The third kappa shape index (κ3) is 4.98. The molecule has 0 saturated carbocycles. The molecular formula is C13H29NO. The highest BCUT2D eigenvalue weighted by atomic mass is 16.3. The molecule has 0 bridgehead atoms. The molecule has 0 rings (SSSR count). The largest absolute Gasteiger partial charge is 0.396 e. The van der Waals surface area contributed by atoms with Crippen molar-refractivity contribution in [2.75, 3.05) is 26.7 Å². The Kier molecular flexibility index (Phi) is 7.20. The maximum absolute atomic E-state index is 9.49. The van der Waals surface area contributed by atoms with E-state index in [4.69, 9.17) is 0 Å². The number of hydrogen-bond acceptors (Lipinski definition) is 2. The summed E-state index contributed by atoms with van der Waals surface area (Å²) in [6.45, 7) is 11.3. The van der Waals surface area contributed by atoms with Gasteiger partial charge in [0, 0.05) is 25.1 Å². The summed E-state index contributed by atoms with van der Waals surface area (Å²) in [5, 5.41) is 9.49. The van der Waals surface area contributed by atoms with Crippen molar-refractivity contribution in [1.82, 2.24) is 4.90 Å². The topological polar surface area (TPSA) is 23.5 Å². The molecule has 92 valence electrons. The van der Waals surface area contributed by atoms with Crippen LogP contribution in [0, 0.1) is 11.3 Å². The SMILES string of the molecule is CCC(C)CN(C)CC(CC)(CC)CO. The molecule has 15 heavy (non-hydrogen) atoms. The van der Waals surface area contributed by atoms with Crippen molar-refractivity contribution in [3.8, 4) is 0 Å². The molecule has 2 nitrogen and oxygen atoms in total. The predicted octanol–water partition coefficient (Wildman–Crippen LogP) is 2.76. The van der Waals surface area contributed by atoms with Crippen LogP contribution >= 0.6 is 0 Å². The molecule has 0 amide bonds. The highest BCUT2D eigenvalue weighted by molar-refractivity contribution is 4.79. The molecule has 1 unspecified atom stereocenters. The Morgan fingerprint density at radius 1 is 1.20 bits per heavy atom. The third-order valence-corrected chi connectivity index (χ3v) is 3.76. The van der Waals surface area contributed by atoms with Gasteiger partial charge in [-0.15, -0.1) is 0 Å². The van der Waals surface area contributed by atoms with E-state index in [-0.39, 0.29) is 5.41 Å². The first-order chi connectivity index (χ1) is 7.03. The molecule has 0 heterocycles. The lowest BCUT2D eigenvalue weighted by atomic mass is 9.82. The van der Waals surface area contributed by atoms with Crippen LogP contribution in [0.25, 0.3) is 0 Å². The van der Waals surface area contributed by atoms with Crippen LogP contribution in [0.4, 0.5) is 0 Å². The van der Waals surface area contributed by atoms with Crippen LogP contribution in [-0.2, 0) is 0 Å². The minimum atomic E-state index is 0.113. The van der Waals surface area contributed by atoms with Crippen molar-refractivity contribution in [3.05, 3.63) is 0 Å². The summed E-state index contributed by atoms with van der Waals surface area (Å²) in [4.78, 5) is 2.37. The second-order valence-corrected chi connectivity index (χ2v) is 5.08. The van der Waals surface area contributed by atoms with E-state index >= 15 is 0 Å². The lowest BCUT2D eigenvalue weighted by molar-refractivity contribution is 0.0706. The van der Waals surface area contributed by atoms with Gasteiger partial charge in [-0.05, 0) is 25.8 Å². The zero-order valence-electron chi connectivity index (χ0n) is 11.2. The molecule has 0 spiro atoms. The van der Waals surface area contributed by atoms with E-state index in [1.165, 1.54) is 6.42 Å². The number of nitrogens with zero attached hydrogens (tertiary/aromatic N) is 1. The van der Waals surface area contributed by atoms with Crippen LogP contribution in [0.3, 0.4) is 0 Å². The van der Waals surface area contributed by atoms with E-state index < -0.39 is 0 Å². The average molecular weight is 215 g/mol. The van der Waals surface area contributed by atoms with Crippen molar-refractivity contribution >= 4 is 0 Å². The van der Waals surface area contributed by atoms with Crippen molar-refractivity contribution < 1.29 is 5.11 Å². The van der Waals surface area contributed by atoms with E-state index in [1.54, 1.807) is 0 Å². The molecule has 0 radical (unpaired) electrons. The number of hydrogen-bond donors (Lipinski definition) is 1. The molecule has 0 aliphatic heterocycles. The first-order valence-electron chi connectivity index (χ1n) is 6.33. The first kappa shape index (κ1) is 14.9. The molecule has 0 saturated heterocycles. The fourth-order valence-corrected chi connectivity index (χ4v) is 2.05. The molecule has 0 aromatic carbocycles. The average Bonchev–Trinajstić information content (AvgIpc) is 2.26. The molecule has 0 aromatic heterocycles. The van der Waals surface area contributed by atoms with Crippen molar-refractivity contribution in [1.29, 1.82) is 0 Å². The second-order valence-electron chi connectivity index (χ2n) is 5.08. The Morgan fingerprint density at radius 2 is 1.73 bits per heavy atom. The van der Waals surface area contributed by atoms with Gasteiger partial charge in [-0.3, -0.25) is 0 Å². The lowest BCUT2D eigenvalue weighted by Crippen LogP contribution is -2.39. The highest BCUT2D eigenvalue weighted by Crippen LogP contribution is 2.26. The molecule has 2 heteroatoms. The Hall–Kier alpha value is -0.0800. The van der Waals surface area contributed by atoms with Crippen molar-refractivity contribution in [3.63, 3.8) is 0 Å². The summed E-state index contributed by atoms with van der Waals surface area (Å²) in [6.07, 6.45) is 3.35. The van der Waals surface area contributed by atoms with Gasteiger partial charge in [0.25, 0.3) is 0 Å². The van der Waals surface area contributed by atoms with Crippen LogP contribution in [0.5, 0.6) is 0 Å². The molecule has 1 atom stereocenters. The van der Waals surface area contributed by atoms with Gasteiger partial charge < -0.3 is 10.0 Å². The van der Waals surface area contributed by atoms with Crippen LogP contribution in [-0.4, -0.2) is 36.8 Å². The lowest BCUT2D eigenvalue weighted by Gasteiger charge is -2.35. The molecular weight excluding hydrogens is 186 g/mol. The summed E-state index contributed by atoms with van der Waals surface area (Å²) in [5.41, 5.74) is 0.113. The number of aliphatic hydroxyl groups is 1. The van der Waals surface area contributed by atoms with Crippen LogP contribution in [0.2, 0.25) is 0 Å². The minimum absolute atomic E-state index is 0.113. The highest BCUT2D eigenvalue weighted by Gasteiger charge is 2.26. The summed E-state index contributed by atoms with van der Waals surface area (Å²) in [7, 11) is 2.17. The van der Waals surface area contributed by atoms with Crippen LogP contribution < -0.4 is 0 Å². The standard InChI is InChI=1S/C13H29NO/c1-6-12(4)9-14(5)10-13(7-2,8-3)11-15/h12,15H,6-11H2,1-5H3. The van der Waals surface area contributed by atoms with E-state index in [1.807, 2.05) is 0 Å². The second kappa shape index (κ2) is 7.24. The van der Waals surface area contributed by atoms with E-state index in [0.29, 0.717) is 6.61 Å². The van der Waals surface area contributed by atoms with E-state index in [0.717, 1.165) is 31.8 Å². The maximum atomic E-state index is 9.49. The zero-order chi connectivity index (χ0) is 11.9. The van der Waals surface area contributed by atoms with Gasteiger partial charge in [-0.2, -0.15) is 0 Å². The van der Waals surface area contributed by atoms with Gasteiger partial charge in [0.15, 0.2) is 0 Å². The Labute approximate surface area is 95.7 Å². The summed E-state index contributed by atoms with van der Waals surface area (Å²) >= 11 is 0. The van der Waals surface area contributed by atoms with Crippen LogP contribution in [0.15, 0.2) is 0 Å². The Balaban J connectivity index is 4.16. The summed E-state index contributed by atoms with van der Waals surface area (Å²) < 4.78 is 0. The number of rotatable bonds is 8. The van der Waals surface area contributed by atoms with Gasteiger partial charge >= 0.3 is 0 Å². The molecule has 0 aliphatic carbocycles. The summed E-state index contributed by atoms with van der Waals surface area (Å²) in [6, 6.07) is 0. The van der Waals surface area contributed by atoms with Gasteiger partial charge in [0.2, 0.25) is 0 Å². The number of aliphatic hydroxyl groups excluding tert-OH is 1. The quantitative estimate of drug-likeness (QED) is 0.673. The molecule has 1 N–H and O–H groups in total. The molecule has 0 aliphatic rings. The van der Waals surface area contributed by atoms with Gasteiger partial charge in [0.05, 0.1) is 0 Å². The smallest absolute Gasteiger partial charge is 0.0499 e. The normalized spacial score (nSPS) is 14.6. The first-order valence-corrected chi connectivity index (χ1v) is 6.33. The van der Waals surface area contributed by atoms with Gasteiger partial charge in [-0.25, -0.2) is 0 Å². The molecule has 0 fully saturated rings. The minimum Gasteiger partial charge on any atom is -0.396 e. The monoisotopic (exact) mass is 215 g/mol. The van der Waals surface area contributed by atoms with Crippen molar-refractivity contribution in [2.24, 2.45) is 11.3 Å². The van der Waals surface area contributed by atoms with Crippen LogP contribution in [0.1, 0.15) is 47.0 Å².